The summed E-state index contributed by atoms with van der Waals surface area (Å²) in [4.78, 5) is 20.4. The van der Waals surface area contributed by atoms with Crippen LogP contribution in [0.2, 0.25) is 0 Å². The largest absolute Gasteiger partial charge is 0.246 e. The molecule has 2 heterocycles. The molecule has 4 heteroatoms. The topological polar surface area (TPSA) is 51.6 Å². The molecule has 0 aliphatic heterocycles. The molecule has 0 saturated carbocycles. The number of pyridine rings is 1. The normalized spacial score (nSPS) is 11.5. The van der Waals surface area contributed by atoms with E-state index in [0.717, 1.165) is 66.5 Å². The number of aromatic nitrogens is 4. The van der Waals surface area contributed by atoms with Crippen molar-refractivity contribution in [1.29, 1.82) is 0 Å². The van der Waals surface area contributed by atoms with Crippen LogP contribution in [0.15, 0.2) is 243 Å². The summed E-state index contributed by atoms with van der Waals surface area (Å²) in [5.74, 6) is 1.92. The maximum atomic E-state index is 5.64. The number of fused-ring (bicyclic) bond motifs is 8. The Morgan fingerprint density at radius 1 is 0.221 bits per heavy atom. The van der Waals surface area contributed by atoms with Gasteiger partial charge in [0, 0.05) is 44.0 Å². The van der Waals surface area contributed by atoms with E-state index >= 15 is 0 Å². The first-order chi connectivity index (χ1) is 33.7. The van der Waals surface area contributed by atoms with Crippen molar-refractivity contribution in [2.45, 2.75) is 0 Å². The molecule has 0 spiro atoms. The zero-order valence-electron chi connectivity index (χ0n) is 36.9. The fourth-order valence-electron chi connectivity index (χ4n) is 9.97. The second-order valence-corrected chi connectivity index (χ2v) is 17.3. The van der Waals surface area contributed by atoms with Crippen LogP contribution in [0.25, 0.3) is 133 Å². The third-order valence-corrected chi connectivity index (χ3v) is 13.3. The van der Waals surface area contributed by atoms with E-state index in [1.807, 2.05) is 60.7 Å². The molecule has 0 saturated heterocycles. The number of hydrogen-bond donors (Lipinski definition) is 0. The number of hydrogen-bond acceptors (Lipinski definition) is 4. The van der Waals surface area contributed by atoms with Gasteiger partial charge < -0.3 is 0 Å². The maximum absolute atomic E-state index is 5.64. The summed E-state index contributed by atoms with van der Waals surface area (Å²) >= 11 is 0. The Morgan fingerprint density at radius 2 is 0.721 bits per heavy atom. The lowest BCUT2D eigenvalue weighted by molar-refractivity contribution is 1.07. The van der Waals surface area contributed by atoms with Gasteiger partial charge in [0.15, 0.2) is 17.5 Å². The molecular formula is C64H40N4. The maximum Gasteiger partial charge on any atom is 0.164 e. The number of nitrogens with zero attached hydrogens (tertiary/aromatic N) is 4. The van der Waals surface area contributed by atoms with Crippen LogP contribution in [-0.4, -0.2) is 19.9 Å². The van der Waals surface area contributed by atoms with Crippen molar-refractivity contribution >= 4 is 54.0 Å². The van der Waals surface area contributed by atoms with Crippen molar-refractivity contribution in [2.24, 2.45) is 0 Å². The Balaban J connectivity index is 0.910. The van der Waals surface area contributed by atoms with Gasteiger partial charge in [-0.05, 0) is 72.3 Å². The summed E-state index contributed by atoms with van der Waals surface area (Å²) in [7, 11) is 0. The molecule has 0 bridgehead atoms. The third-order valence-electron chi connectivity index (χ3n) is 13.3. The Kier molecular flexibility index (Phi) is 9.47. The fraction of sp³-hybridized carbons (Fsp3) is 0. The molecule has 0 radical (unpaired) electrons. The van der Waals surface area contributed by atoms with Crippen LogP contribution in [-0.2, 0) is 0 Å². The highest BCUT2D eigenvalue weighted by molar-refractivity contribution is 6.24. The van der Waals surface area contributed by atoms with E-state index in [0.29, 0.717) is 17.5 Å². The number of para-hydroxylation sites is 1. The minimum atomic E-state index is 0.632. The van der Waals surface area contributed by atoms with Crippen molar-refractivity contribution in [3.05, 3.63) is 243 Å². The van der Waals surface area contributed by atoms with Crippen LogP contribution in [0.4, 0.5) is 0 Å². The predicted molar refractivity (Wildman–Crippen MR) is 283 cm³/mol. The van der Waals surface area contributed by atoms with E-state index in [-0.39, 0.29) is 0 Å². The molecule has 0 unspecified atom stereocenters. The molecule has 13 aromatic rings. The molecular weight excluding hydrogens is 825 g/mol. The van der Waals surface area contributed by atoms with Crippen molar-refractivity contribution in [1.82, 2.24) is 19.9 Å². The summed E-state index contributed by atoms with van der Waals surface area (Å²) < 4.78 is 0. The summed E-state index contributed by atoms with van der Waals surface area (Å²) in [6, 6.07) is 86.1. The molecule has 68 heavy (non-hydrogen) atoms. The molecule has 4 nitrogen and oxygen atoms in total. The van der Waals surface area contributed by atoms with E-state index in [2.05, 4.69) is 182 Å². The first-order valence-electron chi connectivity index (χ1n) is 23.0. The van der Waals surface area contributed by atoms with Crippen LogP contribution in [0.5, 0.6) is 0 Å². The van der Waals surface area contributed by atoms with Gasteiger partial charge in [-0.3, -0.25) is 0 Å². The van der Waals surface area contributed by atoms with Crippen molar-refractivity contribution in [2.75, 3.05) is 0 Å². The van der Waals surface area contributed by atoms with E-state index in [1.54, 1.807) is 0 Å². The summed E-state index contributed by atoms with van der Waals surface area (Å²) in [6.07, 6.45) is 0. The molecule has 0 fully saturated rings. The van der Waals surface area contributed by atoms with Gasteiger partial charge in [0.2, 0.25) is 0 Å². The van der Waals surface area contributed by atoms with Gasteiger partial charge in [-0.25, -0.2) is 19.9 Å². The Hall–Kier alpha value is -9.12. The second kappa shape index (κ2) is 16.4. The molecule has 13 rings (SSSR count). The average molecular weight is 865 g/mol. The van der Waals surface area contributed by atoms with E-state index in [9.17, 15) is 0 Å². The van der Waals surface area contributed by atoms with Gasteiger partial charge in [0.05, 0.1) is 11.2 Å². The van der Waals surface area contributed by atoms with Crippen molar-refractivity contribution in [3.63, 3.8) is 0 Å². The third kappa shape index (κ3) is 6.86. The lowest BCUT2D eigenvalue weighted by Crippen LogP contribution is -2.00. The highest BCUT2D eigenvalue weighted by Gasteiger charge is 2.18. The first-order valence-corrected chi connectivity index (χ1v) is 23.0. The Morgan fingerprint density at radius 3 is 1.43 bits per heavy atom. The fourth-order valence-corrected chi connectivity index (χ4v) is 9.97. The SMILES string of the molecule is c1ccc(-c2nc(-c3ccccc3)nc(-c3ccc(-c4cccc(-c5cccc6c5nc(-c5ccc(-c7cc8ccccc8c8ccccc78)cc5)c5ccc7ccccc7c56)c4)cc3)n2)cc1. The van der Waals surface area contributed by atoms with E-state index in [1.165, 1.54) is 48.8 Å². The lowest BCUT2D eigenvalue weighted by atomic mass is 9.91. The van der Waals surface area contributed by atoms with Crippen LogP contribution in [0, 0.1) is 0 Å². The van der Waals surface area contributed by atoms with Crippen LogP contribution < -0.4 is 0 Å². The van der Waals surface area contributed by atoms with Crippen LogP contribution in [0.1, 0.15) is 0 Å². The molecule has 0 atom stereocenters. The van der Waals surface area contributed by atoms with E-state index in [4.69, 9.17) is 19.9 Å². The Labute approximate surface area is 393 Å². The highest BCUT2D eigenvalue weighted by atomic mass is 15.0. The van der Waals surface area contributed by atoms with Crippen LogP contribution in [0.3, 0.4) is 0 Å². The molecule has 2 aromatic heterocycles. The monoisotopic (exact) mass is 864 g/mol. The number of benzene rings is 11. The van der Waals surface area contributed by atoms with Gasteiger partial charge in [-0.1, -0.05) is 231 Å². The zero-order valence-corrected chi connectivity index (χ0v) is 36.9. The van der Waals surface area contributed by atoms with Gasteiger partial charge in [-0.15, -0.1) is 0 Å². The lowest BCUT2D eigenvalue weighted by Gasteiger charge is -2.16. The zero-order chi connectivity index (χ0) is 45.0. The molecule has 0 aliphatic carbocycles. The molecule has 316 valence electrons. The van der Waals surface area contributed by atoms with Gasteiger partial charge in [-0.2, -0.15) is 0 Å². The summed E-state index contributed by atoms with van der Waals surface area (Å²) in [5.41, 5.74) is 12.6. The van der Waals surface area contributed by atoms with Gasteiger partial charge in [0.25, 0.3) is 0 Å². The molecule has 11 aromatic carbocycles. The van der Waals surface area contributed by atoms with Crippen molar-refractivity contribution < 1.29 is 0 Å². The van der Waals surface area contributed by atoms with Crippen LogP contribution >= 0.6 is 0 Å². The Bertz CT molecular complexity index is 4000. The highest BCUT2D eigenvalue weighted by Crippen LogP contribution is 2.42. The number of rotatable bonds is 7. The minimum absolute atomic E-state index is 0.632. The summed E-state index contributed by atoms with van der Waals surface area (Å²) in [6.45, 7) is 0. The average Bonchev–Trinajstić information content (AvgIpc) is 3.42. The second-order valence-electron chi connectivity index (χ2n) is 17.3. The molecule has 0 aliphatic rings. The predicted octanol–water partition coefficient (Wildman–Crippen LogP) is 16.7. The quantitative estimate of drug-likeness (QED) is 0.150. The van der Waals surface area contributed by atoms with Crippen molar-refractivity contribution in [3.8, 4) is 78.8 Å². The summed E-state index contributed by atoms with van der Waals surface area (Å²) in [5, 5.41) is 10.9. The van der Waals surface area contributed by atoms with E-state index < -0.39 is 0 Å². The minimum Gasteiger partial charge on any atom is -0.246 e. The van der Waals surface area contributed by atoms with Gasteiger partial charge >= 0.3 is 0 Å². The smallest absolute Gasteiger partial charge is 0.164 e. The van der Waals surface area contributed by atoms with Gasteiger partial charge in [0.1, 0.15) is 0 Å². The first kappa shape index (κ1) is 39.3. The standard InChI is InChI=1S/C64H40N4/c1-3-16-45(17-4-1)62-66-63(46-18-5-2-6-19-46)68-64(67-62)47-35-29-41(30-36-47)48-21-13-22-49(39-48)53-27-14-28-56-59-52-24-10-7-15-42(52)37-38-57(59)60(65-61(53)56)44-33-31-43(32-34-44)58-40-50-20-8-9-23-51(50)54-25-11-12-26-55(54)58/h1-40H. The molecule has 0 amide bonds. The molecule has 0 N–H and O–H groups in total.